The van der Waals surface area contributed by atoms with Crippen LogP contribution in [0.25, 0.3) is 0 Å². The van der Waals surface area contributed by atoms with Crippen molar-refractivity contribution in [3.63, 3.8) is 0 Å². The van der Waals surface area contributed by atoms with Crippen molar-refractivity contribution in [2.45, 2.75) is 95.3 Å². The van der Waals surface area contributed by atoms with E-state index in [1.807, 2.05) is 0 Å². The van der Waals surface area contributed by atoms with Crippen LogP contribution >= 0.6 is 23.5 Å². The van der Waals surface area contributed by atoms with Gasteiger partial charge in [0.1, 0.15) is 12.2 Å². The first kappa shape index (κ1) is 23.1. The van der Waals surface area contributed by atoms with Crippen LogP contribution in [0.15, 0.2) is 11.6 Å². The predicted octanol–water partition coefficient (Wildman–Crippen LogP) is 5.99. The quantitative estimate of drug-likeness (QED) is 0.359. The minimum absolute atomic E-state index is 0.0200. The minimum Gasteiger partial charge on any atom is -0.462 e. The van der Waals surface area contributed by atoms with Gasteiger partial charge < -0.3 is 9.47 Å². The molecule has 0 amide bonds. The second kappa shape index (κ2) is 8.25. The van der Waals surface area contributed by atoms with Crippen LogP contribution in [0.1, 0.15) is 79.1 Å². The Labute approximate surface area is 201 Å². The number of thioether (sulfide) groups is 2. The molecule has 4 aliphatic carbocycles. The lowest BCUT2D eigenvalue weighted by Crippen LogP contribution is -2.52. The molecule has 5 aliphatic rings. The van der Waals surface area contributed by atoms with Crippen LogP contribution < -0.4 is 0 Å². The van der Waals surface area contributed by atoms with Crippen molar-refractivity contribution in [2.24, 2.45) is 28.6 Å². The molecule has 1 heterocycles. The monoisotopic (exact) mass is 478 g/mol. The van der Waals surface area contributed by atoms with Crippen molar-refractivity contribution < 1.29 is 19.1 Å². The fraction of sp³-hybridized carbons (Fsp3) is 0.846. The molecule has 6 heteroatoms. The van der Waals surface area contributed by atoms with E-state index < -0.39 is 0 Å². The maximum atomic E-state index is 12.2. The van der Waals surface area contributed by atoms with Gasteiger partial charge in [0.2, 0.25) is 0 Å². The van der Waals surface area contributed by atoms with Crippen molar-refractivity contribution in [3.05, 3.63) is 11.6 Å². The van der Waals surface area contributed by atoms with E-state index in [4.69, 9.17) is 9.47 Å². The first-order chi connectivity index (χ1) is 15.2. The number of esters is 2. The summed E-state index contributed by atoms with van der Waals surface area (Å²) in [6.07, 6.45) is 11.5. The van der Waals surface area contributed by atoms with Gasteiger partial charge in [-0.25, -0.2) is 0 Å². The molecule has 4 fully saturated rings. The molecule has 0 aromatic heterocycles. The molecule has 7 atom stereocenters. The summed E-state index contributed by atoms with van der Waals surface area (Å²) in [5.74, 6) is 4.04. The fourth-order valence-electron chi connectivity index (χ4n) is 8.19. The Balaban J connectivity index is 1.45. The van der Waals surface area contributed by atoms with Crippen molar-refractivity contribution in [3.8, 4) is 0 Å². The van der Waals surface area contributed by atoms with Crippen LogP contribution in [0.3, 0.4) is 0 Å². The van der Waals surface area contributed by atoms with Crippen molar-refractivity contribution >= 4 is 35.5 Å². The molecule has 5 rings (SSSR count). The third-order valence-corrected chi connectivity index (χ3v) is 13.0. The Hall–Kier alpha value is -0.620. The summed E-state index contributed by atoms with van der Waals surface area (Å²) >= 11 is 4.15. The van der Waals surface area contributed by atoms with E-state index in [1.54, 1.807) is 6.92 Å². The molecular weight excluding hydrogens is 440 g/mol. The third kappa shape index (κ3) is 3.57. The summed E-state index contributed by atoms with van der Waals surface area (Å²) in [6, 6.07) is 0. The molecular formula is C26H38O4S2. The van der Waals surface area contributed by atoms with Crippen LogP contribution in [-0.2, 0) is 19.1 Å². The lowest BCUT2D eigenvalue weighted by Gasteiger charge is -2.57. The molecule has 0 aromatic carbocycles. The van der Waals surface area contributed by atoms with Gasteiger partial charge in [0.05, 0.1) is 4.08 Å². The van der Waals surface area contributed by atoms with Crippen molar-refractivity contribution in [1.82, 2.24) is 0 Å². The van der Waals surface area contributed by atoms with Gasteiger partial charge in [-0.15, -0.1) is 23.5 Å². The van der Waals surface area contributed by atoms with E-state index in [1.165, 1.54) is 43.3 Å². The Morgan fingerprint density at radius 1 is 1.00 bits per heavy atom. The SMILES string of the molecule is CC(=O)OC1CCC2(C)C(=CCC3C2CCC2(C)C3CC3(SCCCS3)C2OC(C)=O)C1. The topological polar surface area (TPSA) is 52.6 Å². The van der Waals surface area contributed by atoms with Crippen LogP contribution in [0.4, 0.5) is 0 Å². The highest BCUT2D eigenvalue weighted by Gasteiger charge is 2.67. The van der Waals surface area contributed by atoms with Gasteiger partial charge in [0, 0.05) is 25.7 Å². The summed E-state index contributed by atoms with van der Waals surface area (Å²) in [7, 11) is 0. The number of carbonyl (C=O) groups is 2. The fourth-order valence-corrected chi connectivity index (χ4v) is 12.0. The number of hydrogen-bond donors (Lipinski definition) is 0. The van der Waals surface area contributed by atoms with Crippen LogP contribution in [0, 0.1) is 28.6 Å². The third-order valence-electron chi connectivity index (χ3n) is 9.60. The second-order valence-corrected chi connectivity index (χ2v) is 14.4. The van der Waals surface area contributed by atoms with Crippen LogP contribution in [0.5, 0.6) is 0 Å². The summed E-state index contributed by atoms with van der Waals surface area (Å²) in [6.45, 7) is 8.04. The second-order valence-electron chi connectivity index (χ2n) is 11.3. The number of fused-ring (bicyclic) bond motifs is 5. The molecule has 3 saturated carbocycles. The molecule has 0 aromatic rings. The smallest absolute Gasteiger partial charge is 0.303 e. The Kier molecular flexibility index (Phi) is 5.96. The van der Waals surface area contributed by atoms with E-state index in [0.717, 1.165) is 32.1 Å². The molecule has 1 saturated heterocycles. The molecule has 32 heavy (non-hydrogen) atoms. The molecule has 1 aliphatic heterocycles. The number of allylic oxidation sites excluding steroid dienone is 1. The highest BCUT2D eigenvalue weighted by atomic mass is 32.2. The summed E-state index contributed by atoms with van der Waals surface area (Å²) in [5, 5.41) is 0. The summed E-state index contributed by atoms with van der Waals surface area (Å²) in [5.41, 5.74) is 1.83. The summed E-state index contributed by atoms with van der Waals surface area (Å²) < 4.78 is 11.8. The van der Waals surface area contributed by atoms with E-state index in [2.05, 4.69) is 43.4 Å². The largest absolute Gasteiger partial charge is 0.462 e. The van der Waals surface area contributed by atoms with Gasteiger partial charge in [-0.05, 0) is 79.6 Å². The van der Waals surface area contributed by atoms with Gasteiger partial charge in [0.25, 0.3) is 0 Å². The maximum absolute atomic E-state index is 12.2. The van der Waals surface area contributed by atoms with Gasteiger partial charge in [-0.1, -0.05) is 25.5 Å². The minimum atomic E-state index is -0.156. The number of rotatable bonds is 2. The average molecular weight is 479 g/mol. The Bertz CT molecular complexity index is 819. The van der Waals surface area contributed by atoms with Crippen LogP contribution in [0.2, 0.25) is 0 Å². The Morgan fingerprint density at radius 2 is 1.72 bits per heavy atom. The highest BCUT2D eigenvalue weighted by Crippen LogP contribution is 2.71. The van der Waals surface area contributed by atoms with Crippen molar-refractivity contribution in [1.29, 1.82) is 0 Å². The predicted molar refractivity (Wildman–Crippen MR) is 130 cm³/mol. The van der Waals surface area contributed by atoms with Gasteiger partial charge in [0.15, 0.2) is 0 Å². The first-order valence-electron chi connectivity index (χ1n) is 12.5. The average Bonchev–Trinajstić information content (AvgIpc) is 2.96. The molecule has 4 nitrogen and oxygen atoms in total. The lowest BCUT2D eigenvalue weighted by atomic mass is 9.48. The standard InChI is InChI=1S/C26H38O4S2/c1-16(27)29-19-8-10-24(3)18(14-19)6-7-20-21(24)9-11-25(4)22(20)15-26(23(25)30-17(2)28)31-12-5-13-32-26/h6,19-23H,5,7-15H2,1-4H3. The number of ether oxygens (including phenoxy) is 2. The molecule has 1 spiro atoms. The highest BCUT2D eigenvalue weighted by molar-refractivity contribution is 8.18. The van der Waals surface area contributed by atoms with Crippen LogP contribution in [-0.4, -0.2) is 39.7 Å². The number of carbonyl (C=O) groups excluding carboxylic acids is 2. The zero-order chi connectivity index (χ0) is 22.7. The molecule has 7 unspecified atom stereocenters. The molecule has 0 radical (unpaired) electrons. The molecule has 178 valence electrons. The summed E-state index contributed by atoms with van der Waals surface area (Å²) in [4.78, 5) is 23.7. The number of hydrogen-bond acceptors (Lipinski definition) is 6. The van der Waals surface area contributed by atoms with E-state index in [-0.39, 0.29) is 39.1 Å². The zero-order valence-corrected chi connectivity index (χ0v) is 21.6. The Morgan fingerprint density at radius 3 is 2.41 bits per heavy atom. The van der Waals surface area contributed by atoms with Gasteiger partial charge in [-0.3, -0.25) is 9.59 Å². The maximum Gasteiger partial charge on any atom is 0.303 e. The first-order valence-corrected chi connectivity index (χ1v) is 14.5. The normalized spacial score (nSPS) is 44.6. The molecule has 0 N–H and O–H groups in total. The zero-order valence-electron chi connectivity index (χ0n) is 20.0. The van der Waals surface area contributed by atoms with Crippen molar-refractivity contribution in [2.75, 3.05) is 11.5 Å². The van der Waals surface area contributed by atoms with E-state index in [0.29, 0.717) is 17.8 Å². The van der Waals surface area contributed by atoms with E-state index in [9.17, 15) is 9.59 Å². The van der Waals surface area contributed by atoms with Gasteiger partial charge in [-0.2, -0.15) is 0 Å². The lowest BCUT2D eigenvalue weighted by molar-refractivity contribution is -0.157. The van der Waals surface area contributed by atoms with E-state index >= 15 is 0 Å². The molecule has 0 bridgehead atoms. The van der Waals surface area contributed by atoms with Gasteiger partial charge >= 0.3 is 11.9 Å².